The van der Waals surface area contributed by atoms with E-state index in [0.29, 0.717) is 11.7 Å². The van der Waals surface area contributed by atoms with Crippen molar-refractivity contribution in [2.75, 3.05) is 5.32 Å². The predicted molar refractivity (Wildman–Crippen MR) is 104 cm³/mol. The molecule has 24 heavy (non-hydrogen) atoms. The van der Waals surface area contributed by atoms with E-state index < -0.39 is 0 Å². The average Bonchev–Trinajstić information content (AvgIpc) is 3.10. The third kappa shape index (κ3) is 4.63. The van der Waals surface area contributed by atoms with Crippen LogP contribution in [0.5, 0.6) is 0 Å². The first-order chi connectivity index (χ1) is 11.7. The fraction of sp³-hybridized carbons (Fsp3) is 0.105. The monoisotopic (exact) mass is 354 g/mol. The van der Waals surface area contributed by atoms with Gasteiger partial charge in [0.15, 0.2) is 5.11 Å². The molecule has 0 unspecified atom stereocenters. The van der Waals surface area contributed by atoms with Crippen LogP contribution in [0.1, 0.15) is 11.3 Å². The lowest BCUT2D eigenvalue weighted by molar-refractivity contribution is 0.503. The number of furan rings is 1. The number of rotatable bonds is 5. The number of hydrogen-bond acceptors (Lipinski definition) is 3. The number of para-hydroxylation sites is 1. The van der Waals surface area contributed by atoms with Crippen molar-refractivity contribution in [2.45, 2.75) is 23.3 Å². The fourth-order valence-corrected chi connectivity index (χ4v) is 3.22. The first kappa shape index (κ1) is 16.6. The summed E-state index contributed by atoms with van der Waals surface area (Å²) in [5.41, 5.74) is 2.24. The van der Waals surface area contributed by atoms with Gasteiger partial charge in [0.2, 0.25) is 0 Å². The molecule has 0 bridgehead atoms. The van der Waals surface area contributed by atoms with Crippen molar-refractivity contribution in [3.8, 4) is 0 Å². The van der Waals surface area contributed by atoms with E-state index in [0.717, 1.165) is 16.3 Å². The van der Waals surface area contributed by atoms with Gasteiger partial charge in [-0.05, 0) is 55.5 Å². The summed E-state index contributed by atoms with van der Waals surface area (Å²) in [7, 11) is 0. The Kier molecular flexibility index (Phi) is 5.56. The third-order valence-electron chi connectivity index (χ3n) is 3.39. The molecule has 0 radical (unpaired) electrons. The summed E-state index contributed by atoms with van der Waals surface area (Å²) in [5.74, 6) is 0.849. The van der Waals surface area contributed by atoms with Gasteiger partial charge in [0.05, 0.1) is 18.5 Å². The van der Waals surface area contributed by atoms with E-state index >= 15 is 0 Å². The minimum absolute atomic E-state index is 0.562. The highest BCUT2D eigenvalue weighted by Gasteiger charge is 2.06. The Labute approximate surface area is 151 Å². The molecule has 122 valence electrons. The molecule has 3 rings (SSSR count). The zero-order valence-electron chi connectivity index (χ0n) is 13.3. The quantitative estimate of drug-likeness (QED) is 0.614. The molecular weight excluding hydrogens is 336 g/mol. The van der Waals surface area contributed by atoms with E-state index in [4.69, 9.17) is 16.6 Å². The van der Waals surface area contributed by atoms with Crippen molar-refractivity contribution < 1.29 is 4.42 Å². The molecule has 5 heteroatoms. The molecule has 0 saturated heterocycles. The molecule has 3 nitrogen and oxygen atoms in total. The van der Waals surface area contributed by atoms with E-state index in [-0.39, 0.29) is 0 Å². The van der Waals surface area contributed by atoms with Gasteiger partial charge in [-0.25, -0.2) is 0 Å². The largest absolute Gasteiger partial charge is 0.467 e. The molecule has 2 N–H and O–H groups in total. The molecular formula is C19H18N2OS2. The lowest BCUT2D eigenvalue weighted by Gasteiger charge is -2.13. The Hall–Kier alpha value is -2.24. The zero-order chi connectivity index (χ0) is 16.8. The molecule has 0 fully saturated rings. The van der Waals surface area contributed by atoms with Crippen LogP contribution in [0.2, 0.25) is 0 Å². The van der Waals surface area contributed by atoms with E-state index in [1.54, 1.807) is 18.0 Å². The van der Waals surface area contributed by atoms with Gasteiger partial charge in [0.25, 0.3) is 0 Å². The first-order valence-electron chi connectivity index (χ1n) is 7.61. The van der Waals surface area contributed by atoms with Crippen molar-refractivity contribution in [3.63, 3.8) is 0 Å². The van der Waals surface area contributed by atoms with Crippen LogP contribution in [0.3, 0.4) is 0 Å². The lowest BCUT2D eigenvalue weighted by Crippen LogP contribution is -2.27. The van der Waals surface area contributed by atoms with Gasteiger partial charge in [-0.15, -0.1) is 0 Å². The second-order valence-corrected chi connectivity index (χ2v) is 6.82. The summed E-state index contributed by atoms with van der Waals surface area (Å²) in [6, 6.07) is 20.4. The molecule has 2 aromatic carbocycles. The van der Waals surface area contributed by atoms with Crippen LogP contribution in [-0.2, 0) is 6.54 Å². The molecule has 0 aliphatic carbocycles. The molecule has 0 saturated carbocycles. The fourth-order valence-electron chi connectivity index (χ4n) is 2.14. The highest BCUT2D eigenvalue weighted by Crippen LogP contribution is 2.33. The minimum Gasteiger partial charge on any atom is -0.467 e. The number of benzene rings is 2. The van der Waals surface area contributed by atoms with Crippen LogP contribution in [0.25, 0.3) is 0 Å². The van der Waals surface area contributed by atoms with Crippen LogP contribution >= 0.6 is 24.0 Å². The van der Waals surface area contributed by atoms with Gasteiger partial charge in [-0.1, -0.05) is 41.6 Å². The van der Waals surface area contributed by atoms with Crippen LogP contribution in [-0.4, -0.2) is 5.11 Å². The van der Waals surface area contributed by atoms with E-state index in [9.17, 15) is 0 Å². The Morgan fingerprint density at radius 3 is 2.58 bits per heavy atom. The molecule has 0 amide bonds. The summed E-state index contributed by atoms with van der Waals surface area (Å²) >= 11 is 7.09. The molecule has 3 aromatic rings. The highest BCUT2D eigenvalue weighted by molar-refractivity contribution is 7.99. The Balaban J connectivity index is 1.65. The van der Waals surface area contributed by atoms with E-state index in [1.807, 2.05) is 30.3 Å². The van der Waals surface area contributed by atoms with Crippen molar-refractivity contribution in [1.82, 2.24) is 5.32 Å². The Morgan fingerprint density at radius 1 is 1.04 bits per heavy atom. The van der Waals surface area contributed by atoms with Crippen molar-refractivity contribution >= 4 is 34.8 Å². The SMILES string of the molecule is Cc1ccc(Sc2ccccc2NC(=S)NCc2ccco2)cc1. The molecule has 1 aromatic heterocycles. The van der Waals surface area contributed by atoms with E-state index in [2.05, 4.69) is 47.9 Å². The molecule has 1 heterocycles. The zero-order valence-corrected chi connectivity index (χ0v) is 14.9. The lowest BCUT2D eigenvalue weighted by atomic mass is 10.2. The third-order valence-corrected chi connectivity index (χ3v) is 4.72. The summed E-state index contributed by atoms with van der Waals surface area (Å²) in [6.07, 6.45) is 1.65. The van der Waals surface area contributed by atoms with Crippen LogP contribution in [0.15, 0.2) is 81.1 Å². The molecule has 0 aliphatic heterocycles. The number of hydrogen-bond donors (Lipinski definition) is 2. The van der Waals surface area contributed by atoms with Gasteiger partial charge >= 0.3 is 0 Å². The van der Waals surface area contributed by atoms with Crippen molar-refractivity contribution in [1.29, 1.82) is 0 Å². The normalized spacial score (nSPS) is 10.4. The van der Waals surface area contributed by atoms with Gasteiger partial charge in [0, 0.05) is 9.79 Å². The molecule has 0 atom stereocenters. The van der Waals surface area contributed by atoms with Gasteiger partial charge in [-0.3, -0.25) is 0 Å². The number of aryl methyl sites for hydroxylation is 1. The highest BCUT2D eigenvalue weighted by atomic mass is 32.2. The van der Waals surface area contributed by atoms with Gasteiger partial charge in [-0.2, -0.15) is 0 Å². The molecule has 0 aliphatic rings. The second-order valence-electron chi connectivity index (χ2n) is 5.30. The topological polar surface area (TPSA) is 37.2 Å². The Morgan fingerprint density at radius 2 is 1.83 bits per heavy atom. The summed E-state index contributed by atoms with van der Waals surface area (Å²) < 4.78 is 5.29. The summed E-state index contributed by atoms with van der Waals surface area (Å²) in [5, 5.41) is 6.98. The van der Waals surface area contributed by atoms with Crippen molar-refractivity contribution in [3.05, 3.63) is 78.3 Å². The first-order valence-corrected chi connectivity index (χ1v) is 8.84. The van der Waals surface area contributed by atoms with Crippen LogP contribution in [0.4, 0.5) is 5.69 Å². The smallest absolute Gasteiger partial charge is 0.171 e. The second kappa shape index (κ2) is 8.04. The minimum atomic E-state index is 0.562. The average molecular weight is 355 g/mol. The van der Waals surface area contributed by atoms with Gasteiger partial charge < -0.3 is 15.1 Å². The van der Waals surface area contributed by atoms with Crippen LogP contribution < -0.4 is 10.6 Å². The standard InChI is InChI=1S/C19H18N2OS2/c1-14-8-10-16(11-9-14)24-18-7-3-2-6-17(18)21-19(23)20-13-15-5-4-12-22-15/h2-12H,13H2,1H3,(H2,20,21,23). The van der Waals surface area contributed by atoms with E-state index in [1.165, 1.54) is 10.5 Å². The maximum absolute atomic E-state index is 5.38. The van der Waals surface area contributed by atoms with Crippen molar-refractivity contribution in [2.24, 2.45) is 0 Å². The van der Waals surface area contributed by atoms with Crippen LogP contribution in [0, 0.1) is 6.92 Å². The number of thiocarbonyl (C=S) groups is 1. The summed E-state index contributed by atoms with van der Waals surface area (Å²) in [4.78, 5) is 2.33. The maximum atomic E-state index is 5.38. The summed E-state index contributed by atoms with van der Waals surface area (Å²) in [6.45, 7) is 2.65. The number of nitrogens with one attached hydrogen (secondary N) is 2. The number of anilines is 1. The molecule has 0 spiro atoms. The maximum Gasteiger partial charge on any atom is 0.171 e. The Bertz CT molecular complexity index is 798. The van der Waals surface area contributed by atoms with Gasteiger partial charge in [0.1, 0.15) is 5.76 Å². The predicted octanol–water partition coefficient (Wildman–Crippen LogP) is 5.23.